The molecule has 1 aromatic rings. The highest BCUT2D eigenvalue weighted by Crippen LogP contribution is 2.51. The van der Waals surface area contributed by atoms with Gasteiger partial charge < -0.3 is 9.53 Å². The van der Waals surface area contributed by atoms with Crippen LogP contribution in [0.5, 0.6) is 0 Å². The standard InChI is InChI=1S/C23H30ClNO6Si/c1-22(2,3)23(4,31-32(5)6)16-17(25(19(16)27)20(28)21(29)30)14-10-8-12-7-9-13(24)11-15(12)18(14)26/h7,9,11,14,16-17,32H,8,10H2,1-6H3,(H,29,30)/t14-,16+,17+,23+/m0/s1. The van der Waals surface area contributed by atoms with E-state index in [-0.39, 0.29) is 5.78 Å². The molecule has 1 N–H and O–H groups in total. The molecule has 1 heterocycles. The number of carbonyl (C=O) groups excluding carboxylic acids is 3. The number of halogens is 1. The molecule has 1 aliphatic carbocycles. The predicted octanol–water partition coefficient (Wildman–Crippen LogP) is 3.33. The van der Waals surface area contributed by atoms with Gasteiger partial charge in [0.05, 0.1) is 17.6 Å². The Labute approximate surface area is 194 Å². The van der Waals surface area contributed by atoms with Gasteiger partial charge in [0.2, 0.25) is 5.91 Å². The normalized spacial score (nSPS) is 25.2. The lowest BCUT2D eigenvalue weighted by Gasteiger charge is -2.59. The third kappa shape index (κ3) is 3.93. The van der Waals surface area contributed by atoms with E-state index in [4.69, 9.17) is 16.0 Å². The number of carbonyl (C=O) groups is 4. The zero-order valence-corrected chi connectivity index (χ0v) is 21.2. The number of aryl methyl sites for hydroxylation is 1. The number of Topliss-reactive ketones (excluding diaryl/α,β-unsaturated/α-hetero) is 1. The summed E-state index contributed by atoms with van der Waals surface area (Å²) in [7, 11) is -1.64. The fraction of sp³-hybridized carbons (Fsp3) is 0.565. The van der Waals surface area contributed by atoms with Crippen LogP contribution in [0.1, 0.15) is 50.0 Å². The molecule has 0 bridgehead atoms. The third-order valence-electron chi connectivity index (χ3n) is 6.92. The molecule has 7 nitrogen and oxygen atoms in total. The van der Waals surface area contributed by atoms with E-state index in [1.165, 1.54) is 0 Å². The number of fused-ring (bicyclic) bond motifs is 1. The lowest BCUT2D eigenvalue weighted by molar-refractivity contribution is -0.196. The van der Waals surface area contributed by atoms with Crippen molar-refractivity contribution in [3.63, 3.8) is 0 Å². The van der Waals surface area contributed by atoms with Crippen LogP contribution < -0.4 is 0 Å². The molecule has 0 saturated carbocycles. The SMILES string of the molecule is C[SiH](C)O[C@](C)([C@H]1C(=O)N(C(=O)C(=O)O)[C@@H]1[C@@H]1CCc2ccc(Cl)cc2C1=O)C(C)(C)C. The second kappa shape index (κ2) is 8.39. The maximum Gasteiger partial charge on any atom is 0.395 e. The van der Waals surface area contributed by atoms with Crippen LogP contribution >= 0.6 is 11.6 Å². The molecule has 174 valence electrons. The number of likely N-dealkylation sites (tertiary alicyclic amines) is 1. The molecule has 0 radical (unpaired) electrons. The van der Waals surface area contributed by atoms with Crippen molar-refractivity contribution in [3.8, 4) is 0 Å². The maximum atomic E-state index is 13.5. The van der Waals surface area contributed by atoms with Crippen molar-refractivity contribution < 1.29 is 28.7 Å². The number of imide groups is 1. The molecule has 9 heteroatoms. The van der Waals surface area contributed by atoms with Crippen molar-refractivity contribution in [3.05, 3.63) is 34.3 Å². The number of aliphatic carboxylic acids is 1. The fourth-order valence-corrected chi connectivity index (χ4v) is 6.64. The van der Waals surface area contributed by atoms with Crippen LogP contribution in [0.15, 0.2) is 18.2 Å². The molecule has 2 amide bonds. The number of carboxylic acids is 1. The number of β-lactam (4-membered cyclic amide) rings is 1. The predicted molar refractivity (Wildman–Crippen MR) is 122 cm³/mol. The van der Waals surface area contributed by atoms with Crippen LogP contribution in [0.2, 0.25) is 18.1 Å². The number of hydrogen-bond acceptors (Lipinski definition) is 5. The highest BCUT2D eigenvalue weighted by atomic mass is 35.5. The smallest absolute Gasteiger partial charge is 0.395 e. The Kier molecular flexibility index (Phi) is 6.45. The van der Waals surface area contributed by atoms with Gasteiger partial charge in [0, 0.05) is 16.5 Å². The Bertz CT molecular complexity index is 987. The third-order valence-corrected chi connectivity index (χ3v) is 8.12. The zero-order chi connectivity index (χ0) is 24.2. The molecule has 1 aromatic carbocycles. The molecule has 32 heavy (non-hydrogen) atoms. The minimum atomic E-state index is -1.72. The first-order chi connectivity index (χ1) is 14.7. The summed E-state index contributed by atoms with van der Waals surface area (Å²) in [6, 6.07) is 4.25. The maximum absolute atomic E-state index is 13.5. The van der Waals surface area contributed by atoms with Crippen molar-refractivity contribution in [2.75, 3.05) is 0 Å². The van der Waals surface area contributed by atoms with Crippen LogP contribution in [0.25, 0.3) is 0 Å². The first-order valence-electron chi connectivity index (χ1n) is 10.8. The Morgan fingerprint density at radius 3 is 2.34 bits per heavy atom. The average Bonchev–Trinajstić information content (AvgIpc) is 2.65. The number of carboxylic acid groups (broad SMARTS) is 1. The quantitative estimate of drug-likeness (QED) is 0.404. The minimum Gasteiger partial charge on any atom is -0.474 e. The first-order valence-corrected chi connectivity index (χ1v) is 14.0. The van der Waals surface area contributed by atoms with Gasteiger partial charge in [-0.25, -0.2) is 4.79 Å². The molecule has 1 aliphatic heterocycles. The molecule has 0 unspecified atom stereocenters. The van der Waals surface area contributed by atoms with E-state index >= 15 is 0 Å². The van der Waals surface area contributed by atoms with Crippen molar-refractivity contribution >= 4 is 44.2 Å². The van der Waals surface area contributed by atoms with E-state index in [1.54, 1.807) is 12.1 Å². The van der Waals surface area contributed by atoms with Gasteiger partial charge in [-0.05, 0) is 56.0 Å². The van der Waals surface area contributed by atoms with Crippen LogP contribution in [0.3, 0.4) is 0 Å². The largest absolute Gasteiger partial charge is 0.474 e. The molecule has 0 spiro atoms. The summed E-state index contributed by atoms with van der Waals surface area (Å²) in [6.07, 6.45) is 0.978. The van der Waals surface area contributed by atoms with Crippen molar-refractivity contribution in [1.82, 2.24) is 4.90 Å². The highest BCUT2D eigenvalue weighted by molar-refractivity contribution is 6.48. The molecule has 3 rings (SSSR count). The fourth-order valence-electron chi connectivity index (χ4n) is 4.99. The van der Waals surface area contributed by atoms with E-state index in [1.807, 2.05) is 46.9 Å². The summed E-state index contributed by atoms with van der Waals surface area (Å²) < 4.78 is 6.41. The minimum absolute atomic E-state index is 0.225. The number of hydrogen-bond donors (Lipinski definition) is 1. The average molecular weight is 480 g/mol. The molecule has 1 saturated heterocycles. The van der Waals surface area contributed by atoms with E-state index in [9.17, 15) is 24.3 Å². The Balaban J connectivity index is 2.11. The number of amides is 2. The summed E-state index contributed by atoms with van der Waals surface area (Å²) >= 11 is 6.12. The van der Waals surface area contributed by atoms with Crippen LogP contribution in [-0.2, 0) is 25.2 Å². The van der Waals surface area contributed by atoms with Gasteiger partial charge in [0.25, 0.3) is 0 Å². The number of ketones is 1. The Hall–Kier alpha value is -2.03. The van der Waals surface area contributed by atoms with Gasteiger partial charge in [-0.1, -0.05) is 38.4 Å². The number of nitrogens with zero attached hydrogens (tertiary/aromatic N) is 1. The van der Waals surface area contributed by atoms with Gasteiger partial charge in [0.15, 0.2) is 14.8 Å². The monoisotopic (exact) mass is 479 g/mol. The molecule has 0 aromatic heterocycles. The molecule has 4 atom stereocenters. The second-order valence-electron chi connectivity index (χ2n) is 10.1. The highest BCUT2D eigenvalue weighted by Gasteiger charge is 2.66. The van der Waals surface area contributed by atoms with Crippen LogP contribution in [0, 0.1) is 17.3 Å². The molecular weight excluding hydrogens is 450 g/mol. The summed E-state index contributed by atoms with van der Waals surface area (Å²) in [5, 5.41) is 9.76. The van der Waals surface area contributed by atoms with Crippen molar-refractivity contribution in [1.29, 1.82) is 0 Å². The van der Waals surface area contributed by atoms with Crippen molar-refractivity contribution in [2.24, 2.45) is 17.3 Å². The van der Waals surface area contributed by atoms with Crippen LogP contribution in [0.4, 0.5) is 0 Å². The summed E-state index contributed by atoms with van der Waals surface area (Å²) in [5.41, 5.74) is -0.149. The van der Waals surface area contributed by atoms with E-state index in [2.05, 4.69) is 0 Å². The Morgan fingerprint density at radius 1 is 1.19 bits per heavy atom. The Morgan fingerprint density at radius 2 is 1.81 bits per heavy atom. The van der Waals surface area contributed by atoms with E-state index in [0.717, 1.165) is 10.5 Å². The summed E-state index contributed by atoms with van der Waals surface area (Å²) in [6.45, 7) is 11.7. The number of benzene rings is 1. The second-order valence-corrected chi connectivity index (χ2v) is 12.9. The van der Waals surface area contributed by atoms with Crippen LogP contribution in [-0.4, -0.2) is 54.3 Å². The van der Waals surface area contributed by atoms with E-state index in [0.29, 0.717) is 23.4 Å². The molecular formula is C23H30ClNO6Si. The first kappa shape index (κ1) is 24.6. The lowest BCUT2D eigenvalue weighted by atomic mass is 9.59. The lowest BCUT2D eigenvalue weighted by Crippen LogP contribution is -2.76. The van der Waals surface area contributed by atoms with Gasteiger partial charge in [0.1, 0.15) is 0 Å². The topological polar surface area (TPSA) is 101 Å². The summed E-state index contributed by atoms with van der Waals surface area (Å²) in [4.78, 5) is 51.5. The van der Waals surface area contributed by atoms with Gasteiger partial charge >= 0.3 is 11.9 Å². The van der Waals surface area contributed by atoms with Gasteiger partial charge in [-0.15, -0.1) is 0 Å². The number of rotatable bonds is 4. The molecule has 2 aliphatic rings. The van der Waals surface area contributed by atoms with Gasteiger partial charge in [-0.3, -0.25) is 19.3 Å². The van der Waals surface area contributed by atoms with E-state index < -0.39 is 55.7 Å². The summed E-state index contributed by atoms with van der Waals surface area (Å²) in [5.74, 6) is -5.37. The molecule has 1 fully saturated rings. The van der Waals surface area contributed by atoms with Gasteiger partial charge in [-0.2, -0.15) is 0 Å². The van der Waals surface area contributed by atoms with Crippen molar-refractivity contribution in [2.45, 2.75) is 65.3 Å². The zero-order valence-electron chi connectivity index (χ0n) is 19.3.